The lowest BCUT2D eigenvalue weighted by molar-refractivity contribution is -0.129. The highest BCUT2D eigenvalue weighted by Gasteiger charge is 2.09. The van der Waals surface area contributed by atoms with E-state index in [4.69, 9.17) is 0 Å². The fourth-order valence-electron chi connectivity index (χ4n) is 2.17. The van der Waals surface area contributed by atoms with E-state index in [-0.39, 0.29) is 5.91 Å². The van der Waals surface area contributed by atoms with Crippen LogP contribution in [0.25, 0.3) is 5.69 Å². The quantitative estimate of drug-likeness (QED) is 0.784. The molecule has 0 saturated heterocycles. The van der Waals surface area contributed by atoms with Crippen LogP contribution >= 0.6 is 0 Å². The van der Waals surface area contributed by atoms with Gasteiger partial charge in [-0.25, -0.2) is 4.68 Å². The molecule has 1 heterocycles. The van der Waals surface area contributed by atoms with Crippen LogP contribution in [0.3, 0.4) is 0 Å². The molecular formula is C17H23N3O. The molecule has 2 rings (SSSR count). The van der Waals surface area contributed by atoms with Crippen LogP contribution in [-0.2, 0) is 11.2 Å². The Hall–Kier alpha value is -2.10. The van der Waals surface area contributed by atoms with Crippen molar-refractivity contribution < 1.29 is 4.79 Å². The number of amides is 1. The minimum atomic E-state index is 0.205. The van der Waals surface area contributed by atoms with E-state index in [1.807, 2.05) is 59.4 Å². The topological polar surface area (TPSA) is 38.1 Å². The normalized spacial score (nSPS) is 10.6. The van der Waals surface area contributed by atoms with Gasteiger partial charge in [-0.05, 0) is 30.5 Å². The zero-order chi connectivity index (χ0) is 15.1. The van der Waals surface area contributed by atoms with Gasteiger partial charge in [0.05, 0.1) is 11.9 Å². The van der Waals surface area contributed by atoms with Crippen molar-refractivity contribution in [3.63, 3.8) is 0 Å². The summed E-state index contributed by atoms with van der Waals surface area (Å²) in [4.78, 5) is 13.8. The zero-order valence-corrected chi connectivity index (χ0v) is 12.8. The molecule has 0 N–H and O–H groups in total. The summed E-state index contributed by atoms with van der Waals surface area (Å²) < 4.78 is 1.85. The first-order chi connectivity index (χ1) is 10.2. The molecule has 0 unspecified atom stereocenters. The lowest BCUT2D eigenvalue weighted by Crippen LogP contribution is -2.27. The van der Waals surface area contributed by atoms with Crippen molar-refractivity contribution in [1.29, 1.82) is 0 Å². The number of nitrogens with zero attached hydrogens (tertiary/aromatic N) is 3. The summed E-state index contributed by atoms with van der Waals surface area (Å²) in [5.41, 5.74) is 2.13. The fourth-order valence-corrected chi connectivity index (χ4v) is 2.17. The highest BCUT2D eigenvalue weighted by atomic mass is 16.2. The summed E-state index contributed by atoms with van der Waals surface area (Å²) in [6.07, 6.45) is 7.29. The summed E-state index contributed by atoms with van der Waals surface area (Å²) in [7, 11) is 1.88. The van der Waals surface area contributed by atoms with Gasteiger partial charge in [-0.15, -0.1) is 0 Å². The van der Waals surface area contributed by atoms with Gasteiger partial charge in [0, 0.05) is 26.2 Å². The summed E-state index contributed by atoms with van der Waals surface area (Å²) in [6.45, 7) is 2.98. The van der Waals surface area contributed by atoms with Crippen LogP contribution in [0.15, 0.2) is 42.7 Å². The maximum atomic E-state index is 12.0. The molecule has 1 aromatic heterocycles. The number of carbonyl (C=O) groups excluding carboxylic acids is 1. The van der Waals surface area contributed by atoms with Crippen LogP contribution in [0.4, 0.5) is 0 Å². The Bertz CT molecular complexity index is 562. The van der Waals surface area contributed by atoms with Crippen molar-refractivity contribution in [3.8, 4) is 5.69 Å². The Morgan fingerprint density at radius 2 is 2.05 bits per heavy atom. The SMILES string of the molecule is CCCCN(C)C(=O)CCc1cnn(-c2ccccc2)c1. The lowest BCUT2D eigenvalue weighted by atomic mass is 10.2. The molecule has 112 valence electrons. The van der Waals surface area contributed by atoms with Crippen LogP contribution < -0.4 is 0 Å². The molecule has 0 aliphatic heterocycles. The van der Waals surface area contributed by atoms with Crippen molar-refractivity contribution in [2.45, 2.75) is 32.6 Å². The monoisotopic (exact) mass is 285 g/mol. The average Bonchev–Trinajstić information content (AvgIpc) is 3.00. The fraction of sp³-hybridized carbons (Fsp3) is 0.412. The number of hydrogen-bond acceptors (Lipinski definition) is 2. The van der Waals surface area contributed by atoms with Gasteiger partial charge in [-0.3, -0.25) is 4.79 Å². The van der Waals surface area contributed by atoms with Gasteiger partial charge in [0.15, 0.2) is 0 Å². The van der Waals surface area contributed by atoms with Crippen LogP contribution in [0.1, 0.15) is 31.7 Å². The third-order valence-electron chi connectivity index (χ3n) is 3.56. The molecule has 0 aliphatic carbocycles. The smallest absolute Gasteiger partial charge is 0.222 e. The molecule has 0 bridgehead atoms. The number of benzene rings is 1. The molecule has 0 saturated carbocycles. The number of carbonyl (C=O) groups is 1. The summed E-state index contributed by atoms with van der Waals surface area (Å²) >= 11 is 0. The van der Waals surface area contributed by atoms with Crippen molar-refractivity contribution in [2.75, 3.05) is 13.6 Å². The van der Waals surface area contributed by atoms with E-state index >= 15 is 0 Å². The predicted octanol–water partition coefficient (Wildman–Crippen LogP) is 3.06. The van der Waals surface area contributed by atoms with Crippen molar-refractivity contribution >= 4 is 5.91 Å². The zero-order valence-electron chi connectivity index (χ0n) is 12.8. The van der Waals surface area contributed by atoms with E-state index in [9.17, 15) is 4.79 Å². The van der Waals surface area contributed by atoms with Crippen molar-refractivity contribution in [2.24, 2.45) is 0 Å². The molecule has 4 nitrogen and oxygen atoms in total. The van der Waals surface area contributed by atoms with Gasteiger partial charge < -0.3 is 4.90 Å². The minimum Gasteiger partial charge on any atom is -0.346 e. The molecule has 0 radical (unpaired) electrons. The third kappa shape index (κ3) is 4.45. The molecule has 0 spiro atoms. The first-order valence-corrected chi connectivity index (χ1v) is 7.53. The second-order valence-corrected chi connectivity index (χ2v) is 5.30. The van der Waals surface area contributed by atoms with Gasteiger partial charge in [0.2, 0.25) is 5.91 Å². The van der Waals surface area contributed by atoms with Gasteiger partial charge >= 0.3 is 0 Å². The van der Waals surface area contributed by atoms with E-state index in [2.05, 4.69) is 12.0 Å². The maximum Gasteiger partial charge on any atom is 0.222 e. The van der Waals surface area contributed by atoms with E-state index in [1.54, 1.807) is 0 Å². The number of aryl methyl sites for hydroxylation is 1. The number of para-hydroxylation sites is 1. The Balaban J connectivity index is 1.87. The largest absolute Gasteiger partial charge is 0.346 e. The Morgan fingerprint density at radius 1 is 1.29 bits per heavy atom. The van der Waals surface area contributed by atoms with Gasteiger partial charge in [-0.1, -0.05) is 31.5 Å². The highest BCUT2D eigenvalue weighted by Crippen LogP contribution is 2.09. The molecule has 4 heteroatoms. The average molecular weight is 285 g/mol. The molecule has 0 fully saturated rings. The molecular weight excluding hydrogens is 262 g/mol. The third-order valence-corrected chi connectivity index (χ3v) is 3.56. The second kappa shape index (κ2) is 7.62. The predicted molar refractivity (Wildman–Crippen MR) is 84.4 cm³/mol. The van der Waals surface area contributed by atoms with Crippen molar-refractivity contribution in [3.05, 3.63) is 48.3 Å². The van der Waals surface area contributed by atoms with E-state index < -0.39 is 0 Å². The summed E-state index contributed by atoms with van der Waals surface area (Å²) in [5.74, 6) is 0.205. The minimum absolute atomic E-state index is 0.205. The summed E-state index contributed by atoms with van der Waals surface area (Å²) in [5, 5.41) is 4.35. The number of rotatable bonds is 7. The second-order valence-electron chi connectivity index (χ2n) is 5.30. The van der Waals surface area contributed by atoms with Crippen LogP contribution in [-0.4, -0.2) is 34.2 Å². The molecule has 1 amide bonds. The first-order valence-electron chi connectivity index (χ1n) is 7.53. The summed E-state index contributed by atoms with van der Waals surface area (Å²) in [6, 6.07) is 9.99. The Labute approximate surface area is 126 Å². The van der Waals surface area contributed by atoms with Crippen LogP contribution in [0, 0.1) is 0 Å². The van der Waals surface area contributed by atoms with Gasteiger partial charge in [0.1, 0.15) is 0 Å². The Morgan fingerprint density at radius 3 is 2.76 bits per heavy atom. The van der Waals surface area contributed by atoms with Crippen LogP contribution in [0.5, 0.6) is 0 Å². The highest BCUT2D eigenvalue weighted by molar-refractivity contribution is 5.76. The standard InChI is InChI=1S/C17H23N3O/c1-3-4-12-19(2)17(21)11-10-15-13-18-20(14-15)16-8-6-5-7-9-16/h5-9,13-14H,3-4,10-12H2,1-2H3. The molecule has 0 aliphatic rings. The van der Waals surface area contributed by atoms with Gasteiger partial charge in [-0.2, -0.15) is 5.10 Å². The van der Waals surface area contributed by atoms with E-state index in [0.717, 1.165) is 37.1 Å². The number of unbranched alkanes of at least 4 members (excludes halogenated alkanes) is 1. The van der Waals surface area contributed by atoms with E-state index in [0.29, 0.717) is 6.42 Å². The first kappa shape index (κ1) is 15.3. The number of aromatic nitrogens is 2. The van der Waals surface area contributed by atoms with Crippen LogP contribution in [0.2, 0.25) is 0 Å². The molecule has 0 atom stereocenters. The molecule has 2 aromatic rings. The Kier molecular flexibility index (Phi) is 5.55. The number of hydrogen-bond donors (Lipinski definition) is 0. The molecule has 1 aromatic carbocycles. The van der Waals surface area contributed by atoms with Crippen molar-refractivity contribution in [1.82, 2.24) is 14.7 Å². The van der Waals surface area contributed by atoms with Gasteiger partial charge in [0.25, 0.3) is 0 Å². The maximum absolute atomic E-state index is 12.0. The van der Waals surface area contributed by atoms with E-state index in [1.165, 1.54) is 0 Å². The lowest BCUT2D eigenvalue weighted by Gasteiger charge is -2.16. The molecule has 21 heavy (non-hydrogen) atoms.